The molecule has 2 aromatic rings. The van der Waals surface area contributed by atoms with E-state index < -0.39 is 18.4 Å². The number of hydrogen-bond acceptors (Lipinski definition) is 7. The number of halogens is 2. The highest BCUT2D eigenvalue weighted by atomic mass is 19.3. The van der Waals surface area contributed by atoms with Crippen LogP contribution in [0, 0.1) is 0 Å². The third-order valence-corrected chi connectivity index (χ3v) is 3.28. The summed E-state index contributed by atoms with van der Waals surface area (Å²) in [4.78, 5) is 23.4. The molecule has 0 radical (unpaired) electrons. The van der Waals surface area contributed by atoms with Crippen LogP contribution in [0.4, 0.5) is 8.78 Å². The first-order valence-electron chi connectivity index (χ1n) is 7.79. The number of hydrazone groups is 1. The Morgan fingerprint density at radius 3 is 2.43 bits per heavy atom. The minimum absolute atomic E-state index is 0.0244. The molecule has 0 saturated heterocycles. The fraction of sp³-hybridized carbons (Fsp3) is 0.235. The van der Waals surface area contributed by atoms with Gasteiger partial charge < -0.3 is 23.9 Å². The van der Waals surface area contributed by atoms with E-state index in [1.807, 2.05) is 5.43 Å². The lowest BCUT2D eigenvalue weighted by Crippen LogP contribution is -2.37. The van der Waals surface area contributed by atoms with Crippen molar-refractivity contribution in [2.45, 2.75) is 13.2 Å². The standard InChI is InChI=1S/C17H17F2N3O6/c1-25-12-6-10(7-13(26-2)14(12)28-17(18)19)8-21-22-16(24)15(23)20-9-11-4-3-5-27-11/h3-8,17H,9H2,1-2H3,(H,20,23)(H,22,24)/b21-8-. The number of alkyl halides is 2. The lowest BCUT2D eigenvalue weighted by molar-refractivity contribution is -0.139. The zero-order chi connectivity index (χ0) is 20.5. The molecule has 1 heterocycles. The lowest BCUT2D eigenvalue weighted by Gasteiger charge is -2.14. The van der Waals surface area contributed by atoms with Crippen LogP contribution in [0.25, 0.3) is 0 Å². The number of furan rings is 1. The summed E-state index contributed by atoms with van der Waals surface area (Å²) in [5, 5.41) is 5.99. The van der Waals surface area contributed by atoms with Crippen LogP contribution in [0.5, 0.6) is 17.2 Å². The SMILES string of the molecule is COc1cc(/C=N\NC(=O)C(=O)NCc2ccco2)cc(OC)c1OC(F)F. The highest BCUT2D eigenvalue weighted by molar-refractivity contribution is 6.35. The molecule has 2 amide bonds. The maximum atomic E-state index is 12.5. The first-order chi connectivity index (χ1) is 13.4. The second kappa shape index (κ2) is 9.90. The molecule has 28 heavy (non-hydrogen) atoms. The zero-order valence-electron chi connectivity index (χ0n) is 14.9. The van der Waals surface area contributed by atoms with E-state index in [9.17, 15) is 18.4 Å². The maximum absolute atomic E-state index is 12.5. The van der Waals surface area contributed by atoms with Crippen molar-refractivity contribution in [3.05, 3.63) is 41.9 Å². The summed E-state index contributed by atoms with van der Waals surface area (Å²) < 4.78 is 44.5. The number of nitrogens with zero attached hydrogens (tertiary/aromatic N) is 1. The third-order valence-electron chi connectivity index (χ3n) is 3.28. The van der Waals surface area contributed by atoms with Crippen LogP contribution in [0.3, 0.4) is 0 Å². The Bertz CT molecular complexity index is 814. The fourth-order valence-corrected chi connectivity index (χ4v) is 2.06. The van der Waals surface area contributed by atoms with Gasteiger partial charge in [-0.15, -0.1) is 0 Å². The van der Waals surface area contributed by atoms with Crippen LogP contribution < -0.4 is 25.0 Å². The van der Waals surface area contributed by atoms with Crippen molar-refractivity contribution >= 4 is 18.0 Å². The Morgan fingerprint density at radius 2 is 1.89 bits per heavy atom. The molecular weight excluding hydrogens is 380 g/mol. The predicted octanol–water partition coefficient (Wildman–Crippen LogP) is 1.66. The third kappa shape index (κ3) is 5.69. The number of amides is 2. The van der Waals surface area contributed by atoms with Crippen LogP contribution in [0.1, 0.15) is 11.3 Å². The number of benzene rings is 1. The number of carbonyl (C=O) groups is 2. The van der Waals surface area contributed by atoms with Gasteiger partial charge in [-0.2, -0.15) is 13.9 Å². The van der Waals surface area contributed by atoms with Gasteiger partial charge in [0.1, 0.15) is 5.76 Å². The van der Waals surface area contributed by atoms with E-state index in [0.29, 0.717) is 11.3 Å². The van der Waals surface area contributed by atoms with Gasteiger partial charge >= 0.3 is 18.4 Å². The highest BCUT2D eigenvalue weighted by Crippen LogP contribution is 2.39. The molecule has 0 aliphatic rings. The zero-order valence-corrected chi connectivity index (χ0v) is 14.9. The molecule has 0 atom stereocenters. The molecule has 0 spiro atoms. The minimum Gasteiger partial charge on any atom is -0.493 e. The summed E-state index contributed by atoms with van der Waals surface area (Å²) in [7, 11) is 2.53. The van der Waals surface area contributed by atoms with E-state index in [1.54, 1.807) is 12.1 Å². The topological polar surface area (TPSA) is 111 Å². The molecule has 2 rings (SSSR count). The van der Waals surface area contributed by atoms with E-state index in [2.05, 4.69) is 15.2 Å². The molecule has 2 N–H and O–H groups in total. The molecule has 150 valence electrons. The normalized spacial score (nSPS) is 10.8. The van der Waals surface area contributed by atoms with Crippen molar-refractivity contribution in [2.24, 2.45) is 5.10 Å². The number of ether oxygens (including phenoxy) is 3. The number of nitrogens with one attached hydrogen (secondary N) is 2. The van der Waals surface area contributed by atoms with Gasteiger partial charge in [-0.1, -0.05) is 0 Å². The van der Waals surface area contributed by atoms with Crippen LogP contribution in [-0.2, 0) is 16.1 Å². The average Bonchev–Trinajstić information content (AvgIpc) is 3.19. The molecule has 0 aliphatic carbocycles. The smallest absolute Gasteiger partial charge is 0.387 e. The van der Waals surface area contributed by atoms with Gasteiger partial charge in [-0.05, 0) is 24.3 Å². The monoisotopic (exact) mass is 397 g/mol. The summed E-state index contributed by atoms with van der Waals surface area (Å²) in [5.74, 6) is -1.76. The second-order valence-electron chi connectivity index (χ2n) is 5.09. The van der Waals surface area contributed by atoms with Crippen molar-refractivity contribution in [3.63, 3.8) is 0 Å². The predicted molar refractivity (Wildman–Crippen MR) is 92.5 cm³/mol. The highest BCUT2D eigenvalue weighted by Gasteiger charge is 2.18. The van der Waals surface area contributed by atoms with Crippen molar-refractivity contribution < 1.29 is 37.0 Å². The van der Waals surface area contributed by atoms with E-state index in [4.69, 9.17) is 13.9 Å². The summed E-state index contributed by atoms with van der Waals surface area (Å²) in [6.45, 7) is -3.02. The van der Waals surface area contributed by atoms with Crippen molar-refractivity contribution in [1.29, 1.82) is 0 Å². The molecule has 11 heteroatoms. The molecule has 9 nitrogen and oxygen atoms in total. The Morgan fingerprint density at radius 1 is 1.21 bits per heavy atom. The van der Waals surface area contributed by atoms with E-state index in [0.717, 1.165) is 0 Å². The molecule has 0 bridgehead atoms. The van der Waals surface area contributed by atoms with Gasteiger partial charge in [0.2, 0.25) is 5.75 Å². The Hall–Kier alpha value is -3.63. The van der Waals surface area contributed by atoms with Crippen molar-refractivity contribution in [2.75, 3.05) is 14.2 Å². The van der Waals surface area contributed by atoms with Crippen LogP contribution >= 0.6 is 0 Å². The molecule has 1 aromatic carbocycles. The van der Waals surface area contributed by atoms with Gasteiger partial charge in [-0.25, -0.2) is 5.43 Å². The van der Waals surface area contributed by atoms with Crippen LogP contribution in [0.2, 0.25) is 0 Å². The van der Waals surface area contributed by atoms with E-state index >= 15 is 0 Å². The van der Waals surface area contributed by atoms with Crippen molar-refractivity contribution in [1.82, 2.24) is 10.7 Å². The summed E-state index contributed by atoms with van der Waals surface area (Å²) in [6.07, 6.45) is 2.61. The Balaban J connectivity index is 2.00. The molecule has 1 aromatic heterocycles. The van der Waals surface area contributed by atoms with E-state index in [1.165, 1.54) is 38.8 Å². The number of hydrogen-bond donors (Lipinski definition) is 2. The molecule has 0 unspecified atom stereocenters. The number of carbonyl (C=O) groups excluding carboxylic acids is 2. The Kier molecular flexibility index (Phi) is 7.31. The minimum atomic E-state index is -3.07. The Labute approximate surface area is 158 Å². The number of methoxy groups -OCH3 is 2. The van der Waals surface area contributed by atoms with Gasteiger partial charge in [-0.3, -0.25) is 9.59 Å². The van der Waals surface area contributed by atoms with Gasteiger partial charge in [0, 0.05) is 5.56 Å². The van der Waals surface area contributed by atoms with Gasteiger partial charge in [0.25, 0.3) is 0 Å². The maximum Gasteiger partial charge on any atom is 0.387 e. The van der Waals surface area contributed by atoms with Crippen LogP contribution in [0.15, 0.2) is 40.0 Å². The molecule has 0 aliphatic heterocycles. The largest absolute Gasteiger partial charge is 0.493 e. The molecule has 0 fully saturated rings. The average molecular weight is 397 g/mol. The van der Waals surface area contributed by atoms with Crippen LogP contribution in [-0.4, -0.2) is 38.9 Å². The molecular formula is C17H17F2N3O6. The molecule has 0 saturated carbocycles. The quantitative estimate of drug-likeness (QED) is 0.398. The number of rotatable bonds is 8. The first kappa shape index (κ1) is 20.7. The first-order valence-corrected chi connectivity index (χ1v) is 7.79. The lowest BCUT2D eigenvalue weighted by atomic mass is 10.2. The summed E-state index contributed by atoms with van der Waals surface area (Å²) in [6, 6.07) is 5.96. The summed E-state index contributed by atoms with van der Waals surface area (Å²) in [5.41, 5.74) is 2.38. The van der Waals surface area contributed by atoms with Gasteiger partial charge in [0.15, 0.2) is 11.5 Å². The van der Waals surface area contributed by atoms with E-state index in [-0.39, 0.29) is 23.8 Å². The van der Waals surface area contributed by atoms with Gasteiger partial charge in [0.05, 0.1) is 33.2 Å². The summed E-state index contributed by atoms with van der Waals surface area (Å²) >= 11 is 0. The second-order valence-corrected chi connectivity index (χ2v) is 5.09. The fourth-order valence-electron chi connectivity index (χ4n) is 2.06. The van der Waals surface area contributed by atoms with Crippen molar-refractivity contribution in [3.8, 4) is 17.2 Å².